The first-order chi connectivity index (χ1) is 14.6. The summed E-state index contributed by atoms with van der Waals surface area (Å²) in [5.74, 6) is -0.0134. The van der Waals surface area contributed by atoms with Crippen LogP contribution in [0.25, 0.3) is 0 Å². The number of amides is 1. The third-order valence-electron chi connectivity index (χ3n) is 4.16. The number of anilines is 1. The number of esters is 1. The summed E-state index contributed by atoms with van der Waals surface area (Å²) in [7, 11) is 0. The predicted molar refractivity (Wildman–Crippen MR) is 122 cm³/mol. The zero-order valence-electron chi connectivity index (χ0n) is 17.2. The van der Waals surface area contributed by atoms with Crippen molar-refractivity contribution in [2.24, 2.45) is 0 Å². The molecule has 0 radical (unpaired) electrons. The second kappa shape index (κ2) is 13.3. The van der Waals surface area contributed by atoms with Crippen LogP contribution in [0.5, 0.6) is 5.75 Å². The van der Waals surface area contributed by atoms with Gasteiger partial charge in [0.2, 0.25) is 5.91 Å². The number of unbranched alkanes of at least 4 members (excludes halogenated alkanes) is 1. The Labute approximate surface area is 183 Å². The van der Waals surface area contributed by atoms with Crippen LogP contribution in [0, 0.1) is 0 Å². The van der Waals surface area contributed by atoms with Crippen molar-refractivity contribution in [3.8, 4) is 5.75 Å². The number of hydrogen-bond acceptors (Lipinski definition) is 5. The van der Waals surface area contributed by atoms with Crippen molar-refractivity contribution in [2.45, 2.75) is 39.0 Å². The highest BCUT2D eigenvalue weighted by Gasteiger charge is 2.10. The predicted octanol–water partition coefficient (Wildman–Crippen LogP) is 4.24. The monoisotopic (exact) mass is 428 g/mol. The molecule has 0 bridgehead atoms. The van der Waals surface area contributed by atoms with E-state index in [0.717, 1.165) is 29.8 Å². The van der Waals surface area contributed by atoms with Crippen LogP contribution in [-0.4, -0.2) is 30.2 Å². The molecule has 0 aliphatic heterocycles. The molecule has 2 N–H and O–H groups in total. The Bertz CT molecular complexity index is 827. The van der Waals surface area contributed by atoms with Crippen LogP contribution >= 0.6 is 12.2 Å². The molecular weight excluding hydrogens is 400 g/mol. The number of thiocarbonyl (C=S) groups is 1. The number of carbonyl (C=O) groups is 2. The molecule has 2 aromatic rings. The van der Waals surface area contributed by atoms with Crippen LogP contribution in [0.3, 0.4) is 0 Å². The van der Waals surface area contributed by atoms with Gasteiger partial charge in [-0.25, -0.2) is 0 Å². The van der Waals surface area contributed by atoms with Crippen LogP contribution in [-0.2, 0) is 20.7 Å². The highest BCUT2D eigenvalue weighted by atomic mass is 32.1. The minimum Gasteiger partial charge on any atom is -0.494 e. The molecule has 0 aliphatic rings. The van der Waals surface area contributed by atoms with E-state index in [4.69, 9.17) is 21.7 Å². The van der Waals surface area contributed by atoms with Crippen molar-refractivity contribution in [2.75, 3.05) is 18.5 Å². The van der Waals surface area contributed by atoms with Gasteiger partial charge in [-0.2, -0.15) is 0 Å². The lowest BCUT2D eigenvalue weighted by Gasteiger charge is -2.11. The van der Waals surface area contributed by atoms with Crippen molar-refractivity contribution in [3.63, 3.8) is 0 Å². The molecule has 0 aliphatic carbocycles. The van der Waals surface area contributed by atoms with E-state index in [0.29, 0.717) is 19.6 Å². The molecule has 0 saturated heterocycles. The Morgan fingerprint density at radius 2 is 1.80 bits per heavy atom. The van der Waals surface area contributed by atoms with Crippen LogP contribution in [0.2, 0.25) is 0 Å². The molecule has 0 atom stereocenters. The zero-order valence-corrected chi connectivity index (χ0v) is 18.0. The van der Waals surface area contributed by atoms with Crippen molar-refractivity contribution >= 4 is 34.9 Å². The number of hydrogen-bond donors (Lipinski definition) is 2. The van der Waals surface area contributed by atoms with E-state index in [1.165, 1.54) is 0 Å². The quantitative estimate of drug-likeness (QED) is 0.317. The Hall–Kier alpha value is -2.93. The molecule has 2 rings (SSSR count). The molecule has 0 fully saturated rings. The molecule has 160 valence electrons. The van der Waals surface area contributed by atoms with Gasteiger partial charge in [-0.15, -0.1) is 0 Å². The summed E-state index contributed by atoms with van der Waals surface area (Å²) in [5, 5.41) is 5.69. The van der Waals surface area contributed by atoms with Crippen LogP contribution in [0.15, 0.2) is 54.6 Å². The summed E-state index contributed by atoms with van der Waals surface area (Å²) in [6.45, 7) is 3.05. The third-order valence-corrected chi connectivity index (χ3v) is 4.37. The molecule has 0 spiro atoms. The van der Waals surface area contributed by atoms with Gasteiger partial charge >= 0.3 is 5.97 Å². The first kappa shape index (κ1) is 23.3. The standard InChI is InChI=1S/C23H28N2O4S/c1-2-3-15-28-20-11-7-10-19(17-20)24-23(30)25-21(26)12-13-22(27)29-16-14-18-8-5-4-6-9-18/h4-11,17H,2-3,12-16H2,1H3,(H2,24,25,26,30). The Kier molecular flexibility index (Phi) is 10.4. The molecule has 7 heteroatoms. The van der Waals surface area contributed by atoms with E-state index in [2.05, 4.69) is 17.6 Å². The summed E-state index contributed by atoms with van der Waals surface area (Å²) in [6.07, 6.45) is 2.71. The highest BCUT2D eigenvalue weighted by Crippen LogP contribution is 2.17. The van der Waals surface area contributed by atoms with Gasteiger partial charge in [0, 0.05) is 24.6 Å². The lowest BCUT2D eigenvalue weighted by molar-refractivity contribution is -0.144. The Morgan fingerprint density at radius 3 is 2.57 bits per heavy atom. The van der Waals surface area contributed by atoms with Crippen molar-refractivity contribution in [3.05, 3.63) is 60.2 Å². The summed E-state index contributed by atoms with van der Waals surface area (Å²) < 4.78 is 10.8. The SMILES string of the molecule is CCCCOc1cccc(NC(=S)NC(=O)CCC(=O)OCCc2ccccc2)c1. The second-order valence-corrected chi connectivity index (χ2v) is 7.10. The van der Waals surface area contributed by atoms with E-state index < -0.39 is 5.97 Å². The largest absolute Gasteiger partial charge is 0.494 e. The van der Waals surface area contributed by atoms with Gasteiger partial charge < -0.3 is 20.1 Å². The molecular formula is C23H28N2O4S. The summed E-state index contributed by atoms with van der Waals surface area (Å²) >= 11 is 5.17. The molecule has 30 heavy (non-hydrogen) atoms. The van der Waals surface area contributed by atoms with Gasteiger partial charge in [-0.1, -0.05) is 49.7 Å². The smallest absolute Gasteiger partial charge is 0.306 e. The van der Waals surface area contributed by atoms with Gasteiger partial charge in [-0.05, 0) is 36.3 Å². The molecule has 6 nitrogen and oxygen atoms in total. The maximum atomic E-state index is 12.0. The number of nitrogens with one attached hydrogen (secondary N) is 2. The lowest BCUT2D eigenvalue weighted by atomic mass is 10.2. The maximum absolute atomic E-state index is 12.0. The van der Waals surface area contributed by atoms with Gasteiger partial charge in [0.05, 0.1) is 19.6 Å². The number of ether oxygens (including phenoxy) is 2. The second-order valence-electron chi connectivity index (χ2n) is 6.69. The van der Waals surface area contributed by atoms with Gasteiger partial charge in [0.1, 0.15) is 5.75 Å². The summed E-state index contributed by atoms with van der Waals surface area (Å²) in [5.41, 5.74) is 1.81. The fourth-order valence-electron chi connectivity index (χ4n) is 2.56. The molecule has 0 saturated carbocycles. The minimum absolute atomic E-state index is 0.00396. The molecule has 0 heterocycles. The first-order valence-electron chi connectivity index (χ1n) is 10.1. The Morgan fingerprint density at radius 1 is 1.00 bits per heavy atom. The van der Waals surface area contributed by atoms with Crippen LogP contribution in [0.1, 0.15) is 38.2 Å². The van der Waals surface area contributed by atoms with Crippen LogP contribution < -0.4 is 15.4 Å². The number of carbonyl (C=O) groups excluding carboxylic acids is 2. The van der Waals surface area contributed by atoms with E-state index in [-0.39, 0.29) is 23.9 Å². The topological polar surface area (TPSA) is 76.7 Å². The van der Waals surface area contributed by atoms with E-state index in [1.54, 1.807) is 0 Å². The number of benzene rings is 2. The van der Waals surface area contributed by atoms with Crippen molar-refractivity contribution in [1.82, 2.24) is 5.32 Å². The fraction of sp³-hybridized carbons (Fsp3) is 0.348. The zero-order chi connectivity index (χ0) is 21.6. The summed E-state index contributed by atoms with van der Waals surface area (Å²) in [4.78, 5) is 23.8. The van der Waals surface area contributed by atoms with Gasteiger partial charge in [-0.3, -0.25) is 9.59 Å². The third kappa shape index (κ3) is 9.52. The summed E-state index contributed by atoms with van der Waals surface area (Å²) in [6, 6.07) is 17.1. The molecule has 1 amide bonds. The average molecular weight is 429 g/mol. The Balaban J connectivity index is 1.64. The van der Waals surface area contributed by atoms with E-state index >= 15 is 0 Å². The normalized spacial score (nSPS) is 10.2. The fourth-order valence-corrected chi connectivity index (χ4v) is 2.80. The first-order valence-corrected chi connectivity index (χ1v) is 10.5. The van der Waals surface area contributed by atoms with Crippen molar-refractivity contribution < 1.29 is 19.1 Å². The molecule has 0 aromatic heterocycles. The highest BCUT2D eigenvalue weighted by molar-refractivity contribution is 7.80. The minimum atomic E-state index is -0.406. The van der Waals surface area contributed by atoms with Crippen molar-refractivity contribution in [1.29, 1.82) is 0 Å². The average Bonchev–Trinajstić information content (AvgIpc) is 2.73. The number of rotatable bonds is 11. The van der Waals surface area contributed by atoms with Crippen LogP contribution in [0.4, 0.5) is 5.69 Å². The van der Waals surface area contributed by atoms with E-state index in [9.17, 15) is 9.59 Å². The van der Waals surface area contributed by atoms with Gasteiger partial charge in [0.15, 0.2) is 5.11 Å². The van der Waals surface area contributed by atoms with E-state index in [1.807, 2.05) is 54.6 Å². The molecule has 0 unspecified atom stereocenters. The molecule has 2 aromatic carbocycles. The van der Waals surface area contributed by atoms with Gasteiger partial charge in [0.25, 0.3) is 0 Å². The lowest BCUT2D eigenvalue weighted by Crippen LogP contribution is -2.34. The maximum Gasteiger partial charge on any atom is 0.306 e.